The molecule has 0 bridgehead atoms. The van der Waals surface area contributed by atoms with Crippen molar-refractivity contribution < 1.29 is 15.0 Å². The molecule has 0 radical (unpaired) electrons. The fourth-order valence-electron chi connectivity index (χ4n) is 5.64. The molecule has 9 nitrogen and oxygen atoms in total. The van der Waals surface area contributed by atoms with Crippen molar-refractivity contribution in [2.45, 2.75) is 58.2 Å². The smallest absolute Gasteiger partial charge is 0.255 e. The first kappa shape index (κ1) is 28.8. The van der Waals surface area contributed by atoms with Gasteiger partial charge in [0.2, 0.25) is 0 Å². The lowest BCUT2D eigenvalue weighted by Crippen LogP contribution is -2.54. The summed E-state index contributed by atoms with van der Waals surface area (Å²) in [6.07, 6.45) is 5.16. The number of nitrogens with one attached hydrogen (secondary N) is 2. The van der Waals surface area contributed by atoms with Gasteiger partial charge in [-0.3, -0.25) is 9.69 Å². The van der Waals surface area contributed by atoms with Crippen LogP contribution in [0.5, 0.6) is 5.75 Å². The summed E-state index contributed by atoms with van der Waals surface area (Å²) in [6, 6.07) is 17.3. The van der Waals surface area contributed by atoms with E-state index >= 15 is 0 Å². The van der Waals surface area contributed by atoms with Gasteiger partial charge in [-0.05, 0) is 67.4 Å². The summed E-state index contributed by atoms with van der Waals surface area (Å²) in [5.74, 6) is 1.01. The lowest BCUT2D eigenvalue weighted by Gasteiger charge is -2.40. The molecule has 41 heavy (non-hydrogen) atoms. The highest BCUT2D eigenvalue weighted by Crippen LogP contribution is 2.31. The van der Waals surface area contributed by atoms with Gasteiger partial charge in [-0.1, -0.05) is 50.2 Å². The Bertz CT molecular complexity index is 1320. The summed E-state index contributed by atoms with van der Waals surface area (Å²) in [4.78, 5) is 26.2. The summed E-state index contributed by atoms with van der Waals surface area (Å²) in [6.45, 7) is 9.26. The Kier molecular flexibility index (Phi) is 8.75. The van der Waals surface area contributed by atoms with Gasteiger partial charge in [0.25, 0.3) is 5.91 Å². The van der Waals surface area contributed by atoms with Crippen molar-refractivity contribution in [3.05, 3.63) is 77.6 Å². The Balaban J connectivity index is 1.15. The summed E-state index contributed by atoms with van der Waals surface area (Å²) < 4.78 is 0. The largest absolute Gasteiger partial charge is 0.507 e. The number of carbonyl (C=O) groups is 1. The van der Waals surface area contributed by atoms with E-state index in [9.17, 15) is 15.0 Å². The number of carbonyl (C=O) groups excluding carboxylic acids is 1. The van der Waals surface area contributed by atoms with Crippen LogP contribution in [0.25, 0.3) is 0 Å². The lowest BCUT2D eigenvalue weighted by molar-refractivity contribution is 0.0254. The maximum absolute atomic E-state index is 13.0. The van der Waals surface area contributed by atoms with Crippen molar-refractivity contribution in [3.63, 3.8) is 0 Å². The third kappa shape index (κ3) is 7.74. The second kappa shape index (κ2) is 12.4. The van der Waals surface area contributed by atoms with Crippen molar-refractivity contribution >= 4 is 17.5 Å². The molecule has 4 N–H and O–H groups in total. The number of aromatic nitrogens is 2. The van der Waals surface area contributed by atoms with Crippen LogP contribution in [0, 0.1) is 5.41 Å². The highest BCUT2D eigenvalue weighted by atomic mass is 16.3. The highest BCUT2D eigenvalue weighted by Gasteiger charge is 2.34. The maximum atomic E-state index is 13.0. The predicted octanol–water partition coefficient (Wildman–Crippen LogP) is 4.18. The first-order chi connectivity index (χ1) is 19.7. The molecule has 5 rings (SSSR count). The van der Waals surface area contributed by atoms with Crippen molar-refractivity contribution in [1.82, 2.24) is 20.2 Å². The van der Waals surface area contributed by atoms with E-state index in [1.165, 1.54) is 6.33 Å². The molecule has 2 fully saturated rings. The Morgan fingerprint density at radius 3 is 2.51 bits per heavy atom. The monoisotopic (exact) mass is 558 g/mol. The molecule has 1 aromatic heterocycles. The third-order valence-electron chi connectivity index (χ3n) is 8.35. The van der Waals surface area contributed by atoms with Crippen LogP contribution < -0.4 is 15.5 Å². The summed E-state index contributed by atoms with van der Waals surface area (Å²) >= 11 is 0. The van der Waals surface area contributed by atoms with Gasteiger partial charge in [0.1, 0.15) is 23.7 Å². The van der Waals surface area contributed by atoms with E-state index in [1.807, 2.05) is 35.2 Å². The Morgan fingerprint density at radius 2 is 1.76 bits per heavy atom. The van der Waals surface area contributed by atoms with Crippen molar-refractivity contribution in [3.8, 4) is 5.75 Å². The number of nitrogens with zero attached hydrogens (tertiary/aromatic N) is 4. The number of aromatic hydroxyl groups is 1. The molecule has 3 aromatic rings. The molecule has 0 saturated carbocycles. The Labute approximate surface area is 242 Å². The highest BCUT2D eigenvalue weighted by molar-refractivity contribution is 5.96. The second-order valence-corrected chi connectivity index (χ2v) is 12.3. The van der Waals surface area contributed by atoms with Crippen LogP contribution in [0.15, 0.2) is 60.9 Å². The van der Waals surface area contributed by atoms with Gasteiger partial charge in [-0.2, -0.15) is 0 Å². The van der Waals surface area contributed by atoms with Gasteiger partial charge in [0.05, 0.1) is 11.2 Å². The number of anilines is 2. The minimum absolute atomic E-state index is 0.0360. The first-order valence-electron chi connectivity index (χ1n) is 14.6. The van der Waals surface area contributed by atoms with Gasteiger partial charge in [0.15, 0.2) is 0 Å². The van der Waals surface area contributed by atoms with Gasteiger partial charge < -0.3 is 25.7 Å². The van der Waals surface area contributed by atoms with E-state index in [0.717, 1.165) is 62.4 Å². The SMILES string of the molecule is CC1(C)CCN(Cc2ccc(C(=O)NCC3(O)CCCN(c4cc(NCc5ccccc5)ncn4)C3)c(O)c2)CC1. The summed E-state index contributed by atoms with van der Waals surface area (Å²) in [5.41, 5.74) is 1.63. The molecule has 2 saturated heterocycles. The minimum atomic E-state index is -1.12. The maximum Gasteiger partial charge on any atom is 0.255 e. The molecular formula is C32H42N6O3. The number of phenolic OH excluding ortho intramolecular Hbond substituents is 1. The van der Waals surface area contributed by atoms with Crippen LogP contribution in [0.1, 0.15) is 61.0 Å². The fraction of sp³-hybridized carbons (Fsp3) is 0.469. The predicted molar refractivity (Wildman–Crippen MR) is 161 cm³/mol. The van der Waals surface area contributed by atoms with Crippen LogP contribution in [0.4, 0.5) is 11.6 Å². The van der Waals surface area contributed by atoms with Crippen LogP contribution in [0.2, 0.25) is 0 Å². The number of piperidine rings is 2. The normalized spacial score (nSPS) is 20.9. The van der Waals surface area contributed by atoms with Gasteiger partial charge >= 0.3 is 0 Å². The number of aliphatic hydroxyl groups is 1. The number of β-amino-alcohol motifs (C(OH)–C–C–N with tert-alkyl or cyclic N) is 1. The molecule has 1 atom stereocenters. The molecule has 0 aliphatic carbocycles. The van der Waals surface area contributed by atoms with E-state index in [4.69, 9.17) is 0 Å². The quantitative estimate of drug-likeness (QED) is 0.309. The van der Waals surface area contributed by atoms with E-state index in [2.05, 4.69) is 51.5 Å². The number of amides is 1. The summed E-state index contributed by atoms with van der Waals surface area (Å²) in [5, 5.41) is 28.2. The lowest BCUT2D eigenvalue weighted by atomic mass is 9.82. The minimum Gasteiger partial charge on any atom is -0.507 e. The molecule has 1 unspecified atom stereocenters. The van der Waals surface area contributed by atoms with Crippen molar-refractivity contribution in [2.75, 3.05) is 42.9 Å². The molecular weight excluding hydrogens is 516 g/mol. The molecule has 3 heterocycles. The Hall–Kier alpha value is -3.69. The van der Waals surface area contributed by atoms with E-state index < -0.39 is 11.5 Å². The molecule has 2 aromatic carbocycles. The van der Waals surface area contributed by atoms with Crippen LogP contribution in [-0.4, -0.2) is 69.3 Å². The zero-order valence-corrected chi connectivity index (χ0v) is 24.1. The number of rotatable bonds is 9. The molecule has 2 aliphatic rings. The topological polar surface area (TPSA) is 114 Å². The van der Waals surface area contributed by atoms with Gasteiger partial charge in [-0.25, -0.2) is 9.97 Å². The van der Waals surface area contributed by atoms with Crippen LogP contribution in [-0.2, 0) is 13.1 Å². The molecule has 2 aliphatic heterocycles. The van der Waals surface area contributed by atoms with Gasteiger partial charge in [-0.15, -0.1) is 0 Å². The third-order valence-corrected chi connectivity index (χ3v) is 8.35. The molecule has 1 amide bonds. The molecule has 218 valence electrons. The van der Waals surface area contributed by atoms with Crippen LogP contribution >= 0.6 is 0 Å². The van der Waals surface area contributed by atoms with Gasteiger partial charge in [0, 0.05) is 38.8 Å². The summed E-state index contributed by atoms with van der Waals surface area (Å²) in [7, 11) is 0. The van der Waals surface area contributed by atoms with E-state index in [-0.39, 0.29) is 17.9 Å². The van der Waals surface area contributed by atoms with E-state index in [1.54, 1.807) is 12.1 Å². The van der Waals surface area contributed by atoms with Crippen LogP contribution in [0.3, 0.4) is 0 Å². The first-order valence-corrected chi connectivity index (χ1v) is 14.6. The number of likely N-dealkylation sites (tertiary alicyclic amines) is 1. The second-order valence-electron chi connectivity index (χ2n) is 12.3. The standard InChI is InChI=1S/C32H42N6O3/c1-31(2)12-15-37(16-13-31)20-25-9-10-26(27(39)17-25)30(40)34-21-32(41)11-6-14-38(22-32)29-18-28(35-23-36-29)33-19-24-7-4-3-5-8-24/h3-5,7-10,17-18,23,39,41H,6,11-16,19-22H2,1-2H3,(H,34,40)(H,33,35,36). The number of benzene rings is 2. The number of phenols is 1. The fourth-order valence-corrected chi connectivity index (χ4v) is 5.64. The van der Waals surface area contributed by atoms with E-state index in [0.29, 0.717) is 30.7 Å². The molecule has 9 heteroatoms. The zero-order valence-electron chi connectivity index (χ0n) is 24.1. The van der Waals surface area contributed by atoms with Crippen molar-refractivity contribution in [1.29, 1.82) is 0 Å². The number of hydrogen-bond donors (Lipinski definition) is 4. The molecule has 0 spiro atoms. The zero-order chi connectivity index (χ0) is 28.9. The average Bonchev–Trinajstić information content (AvgIpc) is 2.97. The average molecular weight is 559 g/mol. The van der Waals surface area contributed by atoms with Crippen molar-refractivity contribution in [2.24, 2.45) is 5.41 Å². The Morgan fingerprint density at radius 1 is 0.976 bits per heavy atom. The number of hydrogen-bond acceptors (Lipinski definition) is 8.